The highest BCUT2D eigenvalue weighted by Gasteiger charge is 2.43. The van der Waals surface area contributed by atoms with Gasteiger partial charge in [0.1, 0.15) is 49.1 Å². The molecule has 1 saturated heterocycles. The monoisotopic (exact) mass is 920 g/mol. The summed E-state index contributed by atoms with van der Waals surface area (Å²) in [5, 5.41) is 12.2. The first kappa shape index (κ1) is 49.1. The number of phosphoric ester groups is 1. The van der Waals surface area contributed by atoms with Gasteiger partial charge in [0, 0.05) is 43.3 Å². The fraction of sp³-hybridized carbons (Fsp3) is 0.484. The molecule has 2 amide bonds. The summed E-state index contributed by atoms with van der Waals surface area (Å²) in [5.41, 5.74) is 16.1. The van der Waals surface area contributed by atoms with Crippen molar-refractivity contribution in [3.63, 3.8) is 0 Å². The first-order chi connectivity index (χ1) is 28.9. The van der Waals surface area contributed by atoms with Gasteiger partial charge in [-0.05, 0) is 30.8 Å². The van der Waals surface area contributed by atoms with Crippen LogP contribution >= 0.6 is 23.5 Å². The van der Waals surface area contributed by atoms with E-state index in [1.807, 2.05) is 0 Å². The van der Waals surface area contributed by atoms with Crippen LogP contribution in [0.2, 0.25) is 0 Å². The number of nitrogen functional groups attached to an aromatic ring is 1. The van der Waals surface area contributed by atoms with Crippen molar-refractivity contribution in [2.75, 3.05) is 72.6 Å². The zero-order valence-electron chi connectivity index (χ0n) is 32.3. The minimum atomic E-state index is -5.73. The summed E-state index contributed by atoms with van der Waals surface area (Å²) in [6, 6.07) is 6.44. The molecule has 6 atom stereocenters. The second-order valence-corrected chi connectivity index (χ2v) is 16.7. The first-order valence-corrected chi connectivity index (χ1v) is 22.2. The van der Waals surface area contributed by atoms with E-state index in [2.05, 4.69) is 56.4 Å². The van der Waals surface area contributed by atoms with E-state index in [0.29, 0.717) is 35.4 Å². The van der Waals surface area contributed by atoms with Crippen molar-refractivity contribution in [3.8, 4) is 17.6 Å². The average Bonchev–Trinajstić information content (AvgIpc) is 3.78. The molecule has 61 heavy (non-hydrogen) atoms. The Balaban J connectivity index is 1.25. The number of rotatable bonds is 24. The lowest BCUT2D eigenvalue weighted by Crippen LogP contribution is -2.30. The van der Waals surface area contributed by atoms with Crippen molar-refractivity contribution < 1.29 is 79.7 Å². The third-order valence-corrected chi connectivity index (χ3v) is 11.8. The van der Waals surface area contributed by atoms with Crippen molar-refractivity contribution in [3.05, 3.63) is 58.4 Å². The highest BCUT2D eigenvalue weighted by Crippen LogP contribution is 2.66. The number of aromatic nitrogens is 3. The number of nitrogens with one attached hydrogen (secondary N) is 3. The summed E-state index contributed by atoms with van der Waals surface area (Å²) in [6.45, 7) is -0.404. The Morgan fingerprint density at radius 1 is 1.13 bits per heavy atom. The Morgan fingerprint density at radius 2 is 1.92 bits per heavy atom. The maximum absolute atomic E-state index is 12.4. The van der Waals surface area contributed by atoms with Crippen molar-refractivity contribution in [1.29, 1.82) is 0 Å². The summed E-state index contributed by atoms with van der Waals surface area (Å²) in [4.78, 5) is 72.5. The molecule has 334 valence electrons. The summed E-state index contributed by atoms with van der Waals surface area (Å²) in [6.07, 6.45) is -0.875. The molecule has 1 aliphatic rings. The molecule has 0 bridgehead atoms. The largest absolute Gasteiger partial charge is 0.491 e. The van der Waals surface area contributed by atoms with Crippen LogP contribution < -0.4 is 26.4 Å². The lowest BCUT2D eigenvalue weighted by atomic mass is 10.2. The van der Waals surface area contributed by atoms with Crippen molar-refractivity contribution >= 4 is 52.1 Å². The second kappa shape index (κ2) is 23.1. The minimum absolute atomic E-state index is 0.0378. The van der Waals surface area contributed by atoms with Crippen LogP contribution in [0, 0.1) is 11.8 Å². The van der Waals surface area contributed by atoms with Crippen LogP contribution in [0.4, 0.5) is 5.82 Å². The van der Waals surface area contributed by atoms with Crippen LogP contribution in [0.3, 0.4) is 0 Å². The van der Waals surface area contributed by atoms with Crippen molar-refractivity contribution in [2.45, 2.75) is 31.1 Å². The molecule has 1 fully saturated rings. The van der Waals surface area contributed by atoms with Gasteiger partial charge in [0.15, 0.2) is 6.23 Å². The Morgan fingerprint density at radius 3 is 2.64 bits per heavy atom. The van der Waals surface area contributed by atoms with Gasteiger partial charge in [-0.2, -0.15) is 8.62 Å². The van der Waals surface area contributed by atoms with Crippen LogP contribution in [0.15, 0.2) is 41.9 Å². The number of amides is 2. The Kier molecular flexibility index (Phi) is 18.6. The third-order valence-electron chi connectivity index (χ3n) is 7.95. The highest BCUT2D eigenvalue weighted by molar-refractivity contribution is 7.66. The number of anilines is 1. The zero-order chi connectivity index (χ0) is 44.6. The van der Waals surface area contributed by atoms with Gasteiger partial charge in [0.05, 0.1) is 43.4 Å². The molecule has 1 aromatic carbocycles. The summed E-state index contributed by atoms with van der Waals surface area (Å²) < 4.78 is 76.5. The number of ether oxygens (including phenoxy) is 5. The summed E-state index contributed by atoms with van der Waals surface area (Å²) in [5.74, 6) is 5.34. The first-order valence-electron chi connectivity index (χ1n) is 17.7. The van der Waals surface area contributed by atoms with Gasteiger partial charge < -0.3 is 69.5 Å². The van der Waals surface area contributed by atoms with E-state index in [4.69, 9.17) is 49.3 Å². The molecule has 3 unspecified atom stereocenters. The quantitative estimate of drug-likeness (QED) is 0.0154. The van der Waals surface area contributed by atoms with Gasteiger partial charge in [-0.3, -0.25) is 14.1 Å². The van der Waals surface area contributed by atoms with Gasteiger partial charge in [-0.1, -0.05) is 23.0 Å². The summed E-state index contributed by atoms with van der Waals surface area (Å²) >= 11 is 0. The van der Waals surface area contributed by atoms with E-state index in [1.54, 1.807) is 36.0 Å². The number of benzene rings is 1. The molecule has 9 N–H and O–H groups in total. The number of phosphoric acid groups is 3. The molecule has 0 spiro atoms. The molecule has 3 heterocycles. The Bertz CT molecular complexity index is 2250. The molecule has 0 radical (unpaired) electrons. The van der Waals surface area contributed by atoms with E-state index in [0.717, 1.165) is 0 Å². The van der Waals surface area contributed by atoms with Crippen LogP contribution in [-0.2, 0) is 50.6 Å². The lowest BCUT2D eigenvalue weighted by molar-refractivity contribution is -0.126. The van der Waals surface area contributed by atoms with Gasteiger partial charge in [-0.25, -0.2) is 23.7 Å². The maximum Gasteiger partial charge on any atom is 0.490 e. The molecular formula is C31H43N10O17P3. The fourth-order valence-electron chi connectivity index (χ4n) is 5.37. The molecule has 0 aliphatic carbocycles. The molecule has 0 saturated carbocycles. The molecule has 4 rings (SSSR count). The smallest absolute Gasteiger partial charge is 0.490 e. The average molecular weight is 921 g/mol. The van der Waals surface area contributed by atoms with Crippen LogP contribution in [0.5, 0.6) is 5.75 Å². The zero-order valence-corrected chi connectivity index (χ0v) is 35.0. The van der Waals surface area contributed by atoms with E-state index >= 15 is 0 Å². The standard InChI is InChI=1S/C31H43N10O17P3/c1-34-9-10-36-31(43)20-5-3-7-22(13-20)54-18-26(39-40-33)53-12-11-52-17-25(42)35-8-4-6-21-15-41(30-28(21)29(32)37-19-38-30)27-14-23(51-2)24(56-27)16-55-60(47,48)58-61(49,50)57-59(44,45)46/h3,5,7,13,15,19,23-24,26-27,34H,8-12,14,16-18H2,1-2H3,(H,35,42)(H,36,43)(H,47,48)(H,49,50)(H2,32,37,38)(H2,44,45,46)/t23-,24-,26?,27-/m1/s1. The van der Waals surface area contributed by atoms with Gasteiger partial charge in [0.2, 0.25) is 5.91 Å². The number of hydrogen-bond donors (Lipinski definition) is 8. The van der Waals surface area contributed by atoms with E-state index in [1.165, 1.54) is 19.5 Å². The van der Waals surface area contributed by atoms with Gasteiger partial charge in [-0.15, -0.1) is 0 Å². The number of nitrogens with two attached hydrogens (primary N) is 1. The number of carbonyl (C=O) groups excluding carboxylic acids is 2. The van der Waals surface area contributed by atoms with Crippen LogP contribution in [0.25, 0.3) is 21.5 Å². The lowest BCUT2D eigenvalue weighted by Gasteiger charge is -2.20. The Labute approximate surface area is 346 Å². The van der Waals surface area contributed by atoms with Gasteiger partial charge >= 0.3 is 23.5 Å². The maximum atomic E-state index is 12.4. The number of nitrogens with zero attached hydrogens (tertiary/aromatic N) is 6. The molecule has 27 nitrogen and oxygen atoms in total. The predicted molar refractivity (Wildman–Crippen MR) is 209 cm³/mol. The van der Waals surface area contributed by atoms with E-state index < -0.39 is 60.6 Å². The molecular weight excluding hydrogens is 877 g/mol. The van der Waals surface area contributed by atoms with E-state index in [9.17, 15) is 33.1 Å². The highest BCUT2D eigenvalue weighted by atomic mass is 31.3. The van der Waals surface area contributed by atoms with Crippen LogP contribution in [-0.4, -0.2) is 131 Å². The van der Waals surface area contributed by atoms with Crippen molar-refractivity contribution in [2.24, 2.45) is 5.11 Å². The number of fused-ring (bicyclic) bond motifs is 1. The SMILES string of the molecule is CNCCNC(=O)c1cccc(OCC(N=[N+]=[N-])OCCOCC(=O)NCC#Cc2cn([C@H]3C[C@@H](OC)[C@@H](COP(=O)(O)OP(=O)(O)OP(=O)(O)O)O3)c3ncnc(N)c23)c1. The van der Waals surface area contributed by atoms with Crippen LogP contribution in [0.1, 0.15) is 28.6 Å². The minimum Gasteiger partial charge on any atom is -0.491 e. The molecule has 1 aliphatic heterocycles. The topological polar surface area (TPSA) is 382 Å². The normalized spacial score (nSPS) is 18.8. The fourth-order valence-corrected chi connectivity index (χ4v) is 8.40. The third kappa shape index (κ3) is 16.0. The number of likely N-dealkylation sites (N-methyl/N-ethyl adjacent to an activating group) is 1. The number of azide groups is 1. The summed E-state index contributed by atoms with van der Waals surface area (Å²) in [7, 11) is -13.6. The molecule has 3 aromatic rings. The second-order valence-electron chi connectivity index (χ2n) is 12.3. The van der Waals surface area contributed by atoms with Gasteiger partial charge in [0.25, 0.3) is 5.91 Å². The Hall–Kier alpha value is -4.54. The molecule has 2 aromatic heterocycles. The number of carbonyl (C=O) groups is 2. The van der Waals surface area contributed by atoms with E-state index in [-0.39, 0.29) is 56.8 Å². The van der Waals surface area contributed by atoms with Crippen molar-refractivity contribution in [1.82, 2.24) is 30.5 Å². The predicted octanol–water partition coefficient (Wildman–Crippen LogP) is 0.825. The number of hydrogen-bond acceptors (Lipinski definition) is 18. The molecule has 30 heteroatoms. The number of methoxy groups -OCH3 is 1.